The Morgan fingerprint density at radius 3 is 2.57 bits per heavy atom. The topological polar surface area (TPSA) is 33.7 Å². The van der Waals surface area contributed by atoms with Crippen LogP contribution in [-0.4, -0.2) is 63.0 Å². The molecule has 124 valence electrons. The maximum absolute atomic E-state index is 5.67. The van der Waals surface area contributed by atoms with Gasteiger partial charge in [0.1, 0.15) is 0 Å². The maximum Gasteiger partial charge on any atom is 0.0724 e. The van der Waals surface area contributed by atoms with Crippen LogP contribution in [0.5, 0.6) is 0 Å². The van der Waals surface area contributed by atoms with Crippen LogP contribution >= 0.6 is 0 Å². The summed E-state index contributed by atoms with van der Waals surface area (Å²) in [7, 11) is 1.86. The molecule has 0 aromatic rings. The van der Waals surface area contributed by atoms with Crippen molar-refractivity contribution in [3.63, 3.8) is 0 Å². The van der Waals surface area contributed by atoms with Crippen LogP contribution in [0.4, 0.5) is 0 Å². The third-order valence-electron chi connectivity index (χ3n) is 4.93. The second kappa shape index (κ2) is 9.09. The first-order chi connectivity index (χ1) is 10.2. The van der Waals surface area contributed by atoms with Crippen molar-refractivity contribution in [2.24, 2.45) is 5.92 Å². The number of rotatable bonds is 7. The molecule has 3 atom stereocenters. The van der Waals surface area contributed by atoms with Gasteiger partial charge in [-0.1, -0.05) is 26.7 Å². The summed E-state index contributed by atoms with van der Waals surface area (Å²) in [5.74, 6) is 0.740. The lowest BCUT2D eigenvalue weighted by atomic mass is 9.92. The minimum Gasteiger partial charge on any atom is -0.380 e. The van der Waals surface area contributed by atoms with Gasteiger partial charge in [-0.2, -0.15) is 0 Å². The standard InChI is InChI=1S/C17H34N2O2/c1-14(2)12-15(19-8-10-21-11-9-19)13-18-16-6-4-5-7-17(16)20-3/h14-18H,4-13H2,1-3H3. The van der Waals surface area contributed by atoms with E-state index in [9.17, 15) is 0 Å². The van der Waals surface area contributed by atoms with E-state index in [-0.39, 0.29) is 0 Å². The van der Waals surface area contributed by atoms with E-state index in [0.717, 1.165) is 38.8 Å². The molecule has 0 aromatic heterocycles. The first kappa shape index (κ1) is 17.2. The lowest BCUT2D eigenvalue weighted by molar-refractivity contribution is 0.00595. The zero-order valence-electron chi connectivity index (χ0n) is 14.1. The maximum atomic E-state index is 5.67. The average molecular weight is 298 g/mol. The number of ether oxygens (including phenoxy) is 2. The molecule has 4 nitrogen and oxygen atoms in total. The molecule has 0 spiro atoms. The van der Waals surface area contributed by atoms with Crippen LogP contribution in [0.3, 0.4) is 0 Å². The molecule has 1 heterocycles. The smallest absolute Gasteiger partial charge is 0.0724 e. The van der Waals surface area contributed by atoms with E-state index < -0.39 is 0 Å². The average Bonchev–Trinajstić information content (AvgIpc) is 2.52. The number of methoxy groups -OCH3 is 1. The van der Waals surface area contributed by atoms with Crippen molar-refractivity contribution in [3.05, 3.63) is 0 Å². The molecule has 1 saturated heterocycles. The first-order valence-corrected chi connectivity index (χ1v) is 8.78. The summed E-state index contributed by atoms with van der Waals surface area (Å²) in [5.41, 5.74) is 0. The molecule has 1 N–H and O–H groups in total. The summed E-state index contributed by atoms with van der Waals surface area (Å²) in [6.45, 7) is 9.67. The number of hydrogen-bond acceptors (Lipinski definition) is 4. The van der Waals surface area contributed by atoms with Crippen LogP contribution in [0.25, 0.3) is 0 Å². The molecule has 21 heavy (non-hydrogen) atoms. The third kappa shape index (κ3) is 5.51. The lowest BCUT2D eigenvalue weighted by Gasteiger charge is -2.38. The van der Waals surface area contributed by atoms with E-state index in [1.54, 1.807) is 0 Å². The molecule has 4 heteroatoms. The lowest BCUT2D eigenvalue weighted by Crippen LogP contribution is -2.52. The van der Waals surface area contributed by atoms with Gasteiger partial charge in [0, 0.05) is 38.8 Å². The minimum absolute atomic E-state index is 0.406. The summed E-state index contributed by atoms with van der Waals surface area (Å²) in [6, 6.07) is 1.17. The third-order valence-corrected chi connectivity index (χ3v) is 4.93. The van der Waals surface area contributed by atoms with Gasteiger partial charge >= 0.3 is 0 Å². The van der Waals surface area contributed by atoms with Crippen LogP contribution in [-0.2, 0) is 9.47 Å². The highest BCUT2D eigenvalue weighted by Gasteiger charge is 2.27. The van der Waals surface area contributed by atoms with E-state index in [1.807, 2.05) is 7.11 Å². The van der Waals surface area contributed by atoms with Gasteiger partial charge in [-0.15, -0.1) is 0 Å². The van der Waals surface area contributed by atoms with Gasteiger partial charge in [0.15, 0.2) is 0 Å². The second-order valence-electron chi connectivity index (χ2n) is 7.01. The highest BCUT2D eigenvalue weighted by Crippen LogP contribution is 2.21. The van der Waals surface area contributed by atoms with Crippen molar-refractivity contribution in [1.29, 1.82) is 0 Å². The van der Waals surface area contributed by atoms with Crippen LogP contribution in [0, 0.1) is 5.92 Å². The van der Waals surface area contributed by atoms with Gasteiger partial charge in [0.05, 0.1) is 19.3 Å². The van der Waals surface area contributed by atoms with Gasteiger partial charge in [-0.25, -0.2) is 0 Å². The Morgan fingerprint density at radius 1 is 1.19 bits per heavy atom. The fourth-order valence-corrected chi connectivity index (χ4v) is 3.75. The van der Waals surface area contributed by atoms with E-state index in [2.05, 4.69) is 24.1 Å². The van der Waals surface area contributed by atoms with Gasteiger partial charge in [-0.05, 0) is 25.2 Å². The Bertz CT molecular complexity index is 280. The molecule has 2 aliphatic rings. The van der Waals surface area contributed by atoms with E-state index >= 15 is 0 Å². The molecule has 3 unspecified atom stereocenters. The van der Waals surface area contributed by atoms with Gasteiger partial charge in [0.25, 0.3) is 0 Å². The fraction of sp³-hybridized carbons (Fsp3) is 1.00. The predicted molar refractivity (Wildman–Crippen MR) is 86.7 cm³/mol. The molecule has 1 aliphatic carbocycles. The van der Waals surface area contributed by atoms with Crippen molar-refractivity contribution < 1.29 is 9.47 Å². The summed E-state index contributed by atoms with van der Waals surface area (Å²) in [6.07, 6.45) is 6.79. The normalized spacial score (nSPS) is 29.7. The van der Waals surface area contributed by atoms with Crippen molar-refractivity contribution in [2.45, 2.75) is 64.1 Å². The Morgan fingerprint density at radius 2 is 1.90 bits per heavy atom. The van der Waals surface area contributed by atoms with Gasteiger partial charge < -0.3 is 14.8 Å². The Hall–Kier alpha value is -0.160. The van der Waals surface area contributed by atoms with E-state index in [0.29, 0.717) is 18.2 Å². The molecule has 2 fully saturated rings. The van der Waals surface area contributed by atoms with Crippen LogP contribution in [0.15, 0.2) is 0 Å². The molecule has 1 aliphatic heterocycles. The molecule has 0 aromatic carbocycles. The molecular formula is C17H34N2O2. The zero-order chi connectivity index (χ0) is 15.1. The first-order valence-electron chi connectivity index (χ1n) is 8.78. The van der Waals surface area contributed by atoms with Crippen molar-refractivity contribution in [1.82, 2.24) is 10.2 Å². The Kier molecular flexibility index (Phi) is 7.44. The molecule has 0 radical (unpaired) electrons. The number of nitrogens with zero attached hydrogens (tertiary/aromatic N) is 1. The van der Waals surface area contributed by atoms with Gasteiger partial charge in [-0.3, -0.25) is 4.90 Å². The summed E-state index contributed by atoms with van der Waals surface area (Å²) in [5, 5.41) is 3.82. The minimum atomic E-state index is 0.406. The van der Waals surface area contributed by atoms with Crippen LogP contribution in [0.2, 0.25) is 0 Å². The molecule has 0 amide bonds. The molecular weight excluding hydrogens is 264 g/mol. The Balaban J connectivity index is 1.85. The summed E-state index contributed by atoms with van der Waals surface area (Å²) >= 11 is 0. The summed E-state index contributed by atoms with van der Waals surface area (Å²) in [4.78, 5) is 2.61. The van der Waals surface area contributed by atoms with Gasteiger partial charge in [0.2, 0.25) is 0 Å². The highest BCUT2D eigenvalue weighted by molar-refractivity contribution is 4.85. The van der Waals surface area contributed by atoms with Crippen molar-refractivity contribution in [3.8, 4) is 0 Å². The van der Waals surface area contributed by atoms with Crippen LogP contribution < -0.4 is 5.32 Å². The fourth-order valence-electron chi connectivity index (χ4n) is 3.75. The summed E-state index contributed by atoms with van der Waals surface area (Å²) < 4.78 is 11.2. The SMILES string of the molecule is COC1CCCCC1NCC(CC(C)C)N1CCOCC1. The number of nitrogens with one attached hydrogen (secondary N) is 1. The zero-order valence-corrected chi connectivity index (χ0v) is 14.1. The Labute approximate surface area is 130 Å². The molecule has 1 saturated carbocycles. The monoisotopic (exact) mass is 298 g/mol. The number of morpholine rings is 1. The van der Waals surface area contributed by atoms with E-state index in [1.165, 1.54) is 32.1 Å². The van der Waals surface area contributed by atoms with Crippen molar-refractivity contribution in [2.75, 3.05) is 40.0 Å². The molecule has 2 rings (SSSR count). The van der Waals surface area contributed by atoms with E-state index in [4.69, 9.17) is 9.47 Å². The van der Waals surface area contributed by atoms with Crippen molar-refractivity contribution >= 4 is 0 Å². The molecule has 0 bridgehead atoms. The predicted octanol–water partition coefficient (Wildman–Crippen LogP) is 2.28. The number of hydrogen-bond donors (Lipinski definition) is 1. The quantitative estimate of drug-likeness (QED) is 0.782. The van der Waals surface area contributed by atoms with Crippen LogP contribution in [0.1, 0.15) is 46.0 Å². The largest absolute Gasteiger partial charge is 0.380 e. The second-order valence-corrected chi connectivity index (χ2v) is 7.01. The highest BCUT2D eigenvalue weighted by atomic mass is 16.5.